The van der Waals surface area contributed by atoms with Crippen LogP contribution in [0.25, 0.3) is 0 Å². The molecule has 6 nitrogen and oxygen atoms in total. The minimum atomic E-state index is -0.781. The van der Waals surface area contributed by atoms with Crippen LogP contribution < -0.4 is 0 Å². The number of hydrogen-bond acceptors (Lipinski definition) is 6. The van der Waals surface area contributed by atoms with Crippen molar-refractivity contribution in [1.82, 2.24) is 0 Å². The van der Waals surface area contributed by atoms with E-state index >= 15 is 0 Å². The van der Waals surface area contributed by atoms with Gasteiger partial charge in [-0.15, -0.1) is 0 Å². The summed E-state index contributed by atoms with van der Waals surface area (Å²) in [5.74, 6) is -0.911. The molecular weight excluding hydrogens is 697 g/mol. The number of esters is 3. The molecule has 0 fully saturated rings. The van der Waals surface area contributed by atoms with Crippen molar-refractivity contribution in [3.63, 3.8) is 0 Å². The molecule has 56 heavy (non-hydrogen) atoms. The van der Waals surface area contributed by atoms with Crippen LogP contribution in [0.4, 0.5) is 0 Å². The van der Waals surface area contributed by atoms with Crippen LogP contribution in [-0.4, -0.2) is 37.2 Å². The lowest BCUT2D eigenvalue weighted by Crippen LogP contribution is -2.30. The van der Waals surface area contributed by atoms with Crippen LogP contribution in [0.2, 0.25) is 0 Å². The van der Waals surface area contributed by atoms with Gasteiger partial charge in [0.25, 0.3) is 0 Å². The normalized spacial score (nSPS) is 12.4. The number of ether oxygens (including phenoxy) is 3. The van der Waals surface area contributed by atoms with Gasteiger partial charge in [0.1, 0.15) is 13.2 Å². The van der Waals surface area contributed by atoms with Crippen LogP contribution in [-0.2, 0) is 28.6 Å². The first-order valence-electron chi connectivity index (χ1n) is 23.6. The van der Waals surface area contributed by atoms with Crippen molar-refractivity contribution in [2.24, 2.45) is 0 Å². The van der Waals surface area contributed by atoms with Gasteiger partial charge in [-0.25, -0.2) is 0 Å². The summed E-state index contributed by atoms with van der Waals surface area (Å²) in [5.41, 5.74) is 0. The van der Waals surface area contributed by atoms with Crippen molar-refractivity contribution in [2.45, 2.75) is 239 Å². The van der Waals surface area contributed by atoms with Gasteiger partial charge in [0.2, 0.25) is 0 Å². The fourth-order valence-electron chi connectivity index (χ4n) is 6.51. The summed E-state index contributed by atoms with van der Waals surface area (Å²) in [5, 5.41) is 0. The minimum Gasteiger partial charge on any atom is -0.462 e. The van der Waals surface area contributed by atoms with Crippen molar-refractivity contribution in [1.29, 1.82) is 0 Å². The highest BCUT2D eigenvalue weighted by atomic mass is 16.6. The molecule has 0 spiro atoms. The predicted octanol–water partition coefficient (Wildman–Crippen LogP) is 15.1. The van der Waals surface area contributed by atoms with E-state index in [2.05, 4.69) is 69.4 Å². The molecule has 6 heteroatoms. The molecule has 0 aromatic heterocycles. The van der Waals surface area contributed by atoms with E-state index in [-0.39, 0.29) is 31.1 Å². The summed E-state index contributed by atoms with van der Waals surface area (Å²) >= 11 is 0. The van der Waals surface area contributed by atoms with Crippen LogP contribution in [0.15, 0.2) is 48.6 Å². The third kappa shape index (κ3) is 42.5. The highest BCUT2D eigenvalue weighted by Crippen LogP contribution is 2.14. The smallest absolute Gasteiger partial charge is 0.306 e. The zero-order valence-corrected chi connectivity index (χ0v) is 36.9. The SMILES string of the molecule is CC/C=C\C/C=C\C/C=C\CCCCCCC(=O)OC(COC(=O)CCCCCCCCC/C=C\CCCCCC)COC(=O)CCCCCCCCCCC. The Labute approximate surface area is 346 Å². The highest BCUT2D eigenvalue weighted by Gasteiger charge is 2.19. The molecule has 0 radical (unpaired) electrons. The topological polar surface area (TPSA) is 78.9 Å². The van der Waals surface area contributed by atoms with Crippen molar-refractivity contribution < 1.29 is 28.6 Å². The van der Waals surface area contributed by atoms with E-state index in [9.17, 15) is 14.4 Å². The molecule has 324 valence electrons. The second kappa shape index (κ2) is 45.1. The molecule has 0 saturated heterocycles. The number of allylic oxidation sites excluding steroid dienone is 8. The number of hydrogen-bond donors (Lipinski definition) is 0. The number of carbonyl (C=O) groups is 3. The molecule has 1 unspecified atom stereocenters. The van der Waals surface area contributed by atoms with E-state index < -0.39 is 6.10 Å². The van der Waals surface area contributed by atoms with Gasteiger partial charge in [0.05, 0.1) is 0 Å². The fourth-order valence-corrected chi connectivity index (χ4v) is 6.51. The number of unbranched alkanes of at least 4 members (excludes halogenated alkanes) is 23. The van der Waals surface area contributed by atoms with Gasteiger partial charge in [-0.2, -0.15) is 0 Å². The summed E-state index contributed by atoms with van der Waals surface area (Å²) in [7, 11) is 0. The maximum Gasteiger partial charge on any atom is 0.306 e. The summed E-state index contributed by atoms with van der Waals surface area (Å²) < 4.78 is 16.7. The predicted molar refractivity (Wildman–Crippen MR) is 238 cm³/mol. The van der Waals surface area contributed by atoms with Gasteiger partial charge >= 0.3 is 17.9 Å². The largest absolute Gasteiger partial charge is 0.462 e. The van der Waals surface area contributed by atoms with Crippen LogP contribution in [0.5, 0.6) is 0 Å². The first kappa shape index (κ1) is 53.4. The fraction of sp³-hybridized carbons (Fsp3) is 0.780. The van der Waals surface area contributed by atoms with E-state index in [0.29, 0.717) is 19.3 Å². The maximum absolute atomic E-state index is 12.7. The van der Waals surface area contributed by atoms with Crippen molar-refractivity contribution in [3.8, 4) is 0 Å². The molecule has 0 aromatic carbocycles. The van der Waals surface area contributed by atoms with E-state index in [1.165, 1.54) is 103 Å². The Balaban J connectivity index is 4.38. The molecule has 0 aliphatic rings. The summed E-state index contributed by atoms with van der Waals surface area (Å²) in [6, 6.07) is 0. The summed E-state index contributed by atoms with van der Waals surface area (Å²) in [6.45, 7) is 6.47. The molecule has 0 heterocycles. The lowest BCUT2D eigenvalue weighted by atomic mass is 10.1. The van der Waals surface area contributed by atoms with Gasteiger partial charge in [-0.3, -0.25) is 14.4 Å². The lowest BCUT2D eigenvalue weighted by molar-refractivity contribution is -0.167. The third-order valence-corrected chi connectivity index (χ3v) is 10.1. The Morgan fingerprint density at radius 3 is 1.12 bits per heavy atom. The Morgan fingerprint density at radius 2 is 0.696 bits per heavy atom. The van der Waals surface area contributed by atoms with Crippen LogP contribution in [0.3, 0.4) is 0 Å². The van der Waals surface area contributed by atoms with Crippen LogP contribution >= 0.6 is 0 Å². The molecule has 0 aromatic rings. The van der Waals surface area contributed by atoms with Gasteiger partial charge in [0.15, 0.2) is 6.10 Å². The molecule has 0 aliphatic heterocycles. The molecule has 0 bridgehead atoms. The van der Waals surface area contributed by atoms with Gasteiger partial charge < -0.3 is 14.2 Å². The Morgan fingerprint density at radius 1 is 0.375 bits per heavy atom. The van der Waals surface area contributed by atoms with Gasteiger partial charge in [0, 0.05) is 19.3 Å². The summed E-state index contributed by atoms with van der Waals surface area (Å²) in [6.07, 6.45) is 52.3. The first-order valence-corrected chi connectivity index (χ1v) is 23.6. The van der Waals surface area contributed by atoms with Gasteiger partial charge in [-0.1, -0.05) is 185 Å². The van der Waals surface area contributed by atoms with E-state index in [1.54, 1.807) is 0 Å². The molecule has 0 amide bonds. The average molecular weight is 785 g/mol. The zero-order chi connectivity index (χ0) is 40.8. The zero-order valence-electron chi connectivity index (χ0n) is 36.9. The summed E-state index contributed by atoms with van der Waals surface area (Å²) in [4.78, 5) is 37.7. The maximum atomic E-state index is 12.7. The molecular formula is C50H88O6. The Kier molecular flexibility index (Phi) is 43.0. The first-order chi connectivity index (χ1) is 27.5. The molecule has 0 N–H and O–H groups in total. The lowest BCUT2D eigenvalue weighted by Gasteiger charge is -2.18. The second-order valence-corrected chi connectivity index (χ2v) is 15.6. The van der Waals surface area contributed by atoms with Crippen LogP contribution in [0.1, 0.15) is 233 Å². The molecule has 0 rings (SSSR count). The minimum absolute atomic E-state index is 0.0823. The van der Waals surface area contributed by atoms with E-state index in [4.69, 9.17) is 14.2 Å². The Hall–Kier alpha value is -2.63. The average Bonchev–Trinajstić information content (AvgIpc) is 3.19. The van der Waals surface area contributed by atoms with E-state index in [0.717, 1.165) is 89.9 Å². The molecule has 1 atom stereocenters. The molecule has 0 aliphatic carbocycles. The molecule has 0 saturated carbocycles. The number of carbonyl (C=O) groups excluding carboxylic acids is 3. The quantitative estimate of drug-likeness (QED) is 0.0265. The van der Waals surface area contributed by atoms with E-state index in [1.807, 2.05) is 0 Å². The third-order valence-electron chi connectivity index (χ3n) is 10.1. The van der Waals surface area contributed by atoms with Crippen molar-refractivity contribution >= 4 is 17.9 Å². The van der Waals surface area contributed by atoms with Crippen LogP contribution in [0, 0.1) is 0 Å². The van der Waals surface area contributed by atoms with Gasteiger partial charge in [-0.05, 0) is 77.0 Å². The van der Waals surface area contributed by atoms with Crippen molar-refractivity contribution in [2.75, 3.05) is 13.2 Å². The Bertz CT molecular complexity index is 996. The number of rotatable bonds is 42. The van der Waals surface area contributed by atoms with Crippen molar-refractivity contribution in [3.05, 3.63) is 48.6 Å². The highest BCUT2D eigenvalue weighted by molar-refractivity contribution is 5.71. The second-order valence-electron chi connectivity index (χ2n) is 15.6. The monoisotopic (exact) mass is 785 g/mol. The standard InChI is InChI=1S/C50H88O6/c1-4-7-10-13-16-19-21-23-25-27-28-31-34-37-40-43-49(52)55-46-47(45-54-48(51)42-39-36-33-30-18-15-12-9-6-3)56-50(53)44-41-38-35-32-29-26-24-22-20-17-14-11-8-5-2/h8,11,17,19-21,24,26,47H,4-7,9-10,12-16,18,22-23,25,27-46H2,1-3H3/b11-8-,20-17-,21-19-,26-24-.